The fourth-order valence-electron chi connectivity index (χ4n) is 6.85. The third-order valence-corrected chi connectivity index (χ3v) is 10.7. The molecular weight excluding hydrogens is 593 g/mol. The summed E-state index contributed by atoms with van der Waals surface area (Å²) in [6.07, 6.45) is 3.43. The van der Waals surface area contributed by atoms with E-state index in [0.29, 0.717) is 11.8 Å². The summed E-state index contributed by atoms with van der Waals surface area (Å²) in [5, 5.41) is 4.94. The molecule has 2 heteroatoms. The fraction of sp³-hybridized carbons (Fsp3) is 0.277. The van der Waals surface area contributed by atoms with Gasteiger partial charge in [-0.3, -0.25) is 0 Å². The summed E-state index contributed by atoms with van der Waals surface area (Å²) in [5.74, 6) is 0.981. The van der Waals surface area contributed by atoms with Gasteiger partial charge in [0.1, 0.15) is 0 Å². The van der Waals surface area contributed by atoms with Crippen molar-refractivity contribution in [1.29, 1.82) is 0 Å². The molecule has 1 unspecified atom stereocenters. The number of hydrogen-bond donors (Lipinski definition) is 0. The van der Waals surface area contributed by atoms with E-state index in [4.69, 9.17) is 0 Å². The summed E-state index contributed by atoms with van der Waals surface area (Å²) < 4.78 is 0. The third kappa shape index (κ3) is 6.49. The summed E-state index contributed by atoms with van der Waals surface area (Å²) in [5.41, 5.74) is 15.1. The van der Waals surface area contributed by atoms with Gasteiger partial charge in [0, 0.05) is 44.3 Å². The zero-order chi connectivity index (χ0) is 35.0. The maximum atomic E-state index is 2.57. The van der Waals surface area contributed by atoms with Gasteiger partial charge in [-0.1, -0.05) is 101 Å². The topological polar surface area (TPSA) is 6.48 Å². The average Bonchev–Trinajstić information content (AvgIpc) is 3.09. The van der Waals surface area contributed by atoms with Crippen LogP contribution in [0, 0.1) is 53.4 Å². The molecule has 0 fully saturated rings. The number of rotatable bonds is 9. The summed E-state index contributed by atoms with van der Waals surface area (Å²) in [7, 11) is 0. The Labute approximate surface area is 294 Å². The molecule has 0 aliphatic rings. The third-order valence-electron chi connectivity index (χ3n) is 10.7. The van der Waals surface area contributed by atoms with Gasteiger partial charge >= 0.3 is 0 Å². The Morgan fingerprint density at radius 2 is 0.898 bits per heavy atom. The number of nitrogens with zero attached hydrogens (tertiary/aromatic N) is 2. The molecule has 2 nitrogen and oxygen atoms in total. The number of fused-ring (bicyclic) bond motifs is 2. The molecule has 0 spiro atoms. The Hall–Kier alpha value is -4.82. The molecule has 250 valence electrons. The van der Waals surface area contributed by atoms with Crippen LogP contribution in [-0.2, 0) is 0 Å². The fourth-order valence-corrected chi connectivity index (χ4v) is 6.85. The molecule has 0 saturated carbocycles. The van der Waals surface area contributed by atoms with Crippen LogP contribution in [0.4, 0.5) is 28.4 Å². The lowest BCUT2D eigenvalue weighted by Crippen LogP contribution is -2.20. The summed E-state index contributed by atoms with van der Waals surface area (Å²) in [6.45, 7) is 22.5. The van der Waals surface area contributed by atoms with Crippen molar-refractivity contribution in [3.8, 4) is 0 Å². The second-order valence-electron chi connectivity index (χ2n) is 14.4. The first-order valence-corrected chi connectivity index (χ1v) is 18.0. The van der Waals surface area contributed by atoms with Crippen molar-refractivity contribution in [1.82, 2.24) is 0 Å². The van der Waals surface area contributed by atoms with Crippen LogP contribution < -0.4 is 9.80 Å². The van der Waals surface area contributed by atoms with Crippen LogP contribution in [0.15, 0.2) is 115 Å². The lowest BCUT2D eigenvalue weighted by molar-refractivity contribution is 0.500. The van der Waals surface area contributed by atoms with Crippen molar-refractivity contribution in [2.75, 3.05) is 9.80 Å². The lowest BCUT2D eigenvalue weighted by Gasteiger charge is -2.34. The second kappa shape index (κ2) is 14.0. The van der Waals surface area contributed by atoms with E-state index >= 15 is 0 Å². The maximum Gasteiger partial charge on any atom is 0.0619 e. The summed E-state index contributed by atoms with van der Waals surface area (Å²) in [6, 6.07) is 38.8. The molecule has 6 aromatic carbocycles. The van der Waals surface area contributed by atoms with E-state index in [1.165, 1.54) is 89.1 Å². The average molecular weight is 645 g/mol. The molecule has 1 atom stereocenters. The number of aryl methyl sites for hydroxylation is 6. The normalized spacial score (nSPS) is 12.6. The van der Waals surface area contributed by atoms with Crippen LogP contribution in [0.5, 0.6) is 0 Å². The first kappa shape index (κ1) is 34.1. The molecule has 0 bridgehead atoms. The minimum atomic E-state index is 0.436. The van der Waals surface area contributed by atoms with Gasteiger partial charge in [0.25, 0.3) is 0 Å². The molecular formula is C47H52N2. The van der Waals surface area contributed by atoms with Crippen LogP contribution >= 0.6 is 0 Å². The Bertz CT molecular complexity index is 2080. The Kier molecular flexibility index (Phi) is 9.70. The number of hydrogen-bond acceptors (Lipinski definition) is 2. The zero-order valence-corrected chi connectivity index (χ0v) is 31.1. The van der Waals surface area contributed by atoms with E-state index in [9.17, 15) is 0 Å². The highest BCUT2D eigenvalue weighted by Crippen LogP contribution is 2.50. The molecule has 0 radical (unpaired) electrons. The van der Waals surface area contributed by atoms with Crippen molar-refractivity contribution in [3.63, 3.8) is 0 Å². The molecule has 0 N–H and O–H groups in total. The van der Waals surface area contributed by atoms with E-state index in [0.717, 1.165) is 6.42 Å². The van der Waals surface area contributed by atoms with Crippen molar-refractivity contribution < 1.29 is 0 Å². The molecule has 0 aliphatic carbocycles. The highest BCUT2D eigenvalue weighted by atomic mass is 15.2. The van der Waals surface area contributed by atoms with Crippen LogP contribution in [0.1, 0.15) is 67.5 Å². The van der Waals surface area contributed by atoms with E-state index < -0.39 is 0 Å². The van der Waals surface area contributed by atoms with Gasteiger partial charge in [-0.2, -0.15) is 0 Å². The van der Waals surface area contributed by atoms with Gasteiger partial charge in [-0.25, -0.2) is 0 Å². The second-order valence-corrected chi connectivity index (χ2v) is 14.4. The van der Waals surface area contributed by atoms with Gasteiger partial charge in [0.15, 0.2) is 0 Å². The van der Waals surface area contributed by atoms with Gasteiger partial charge in [0.05, 0.1) is 11.4 Å². The first-order chi connectivity index (χ1) is 23.5. The Balaban J connectivity index is 1.77. The van der Waals surface area contributed by atoms with E-state index in [1.54, 1.807) is 0 Å². The molecule has 0 aliphatic heterocycles. The standard InChI is InChI=1S/C47H52N2/c1-11-38(26-34(7)30(2)3)48(39-23-20-31(4)35(8)27-39)46-42-16-12-14-18-44(42)47(45-19-15-13-17-43(45)46)49(40-24-21-32(5)36(9)28-40)41-25-22-33(6)37(10)29-41/h12-30,34H,11H2,1-10H3/b38-26+. The molecule has 0 aromatic heterocycles. The lowest BCUT2D eigenvalue weighted by atomic mass is 9.93. The molecule has 6 rings (SSSR count). The molecule has 0 heterocycles. The van der Waals surface area contributed by atoms with Crippen LogP contribution in [0.2, 0.25) is 0 Å². The van der Waals surface area contributed by atoms with Crippen LogP contribution in [0.3, 0.4) is 0 Å². The van der Waals surface area contributed by atoms with Crippen LogP contribution in [0.25, 0.3) is 21.5 Å². The van der Waals surface area contributed by atoms with E-state index in [1.807, 2.05) is 0 Å². The van der Waals surface area contributed by atoms with E-state index in [2.05, 4.69) is 188 Å². The van der Waals surface area contributed by atoms with Crippen molar-refractivity contribution >= 4 is 50.0 Å². The maximum absolute atomic E-state index is 2.57. The SMILES string of the molecule is CC/C(=C\C(C)C(C)C)N(c1ccc(C)c(C)c1)c1c2ccccc2c(N(c2ccc(C)c(C)c2)c2ccc(C)c(C)c2)c2ccccc12. The quantitative estimate of drug-likeness (QED) is 0.114. The largest absolute Gasteiger partial charge is 0.313 e. The van der Waals surface area contributed by atoms with Crippen molar-refractivity contribution in [2.24, 2.45) is 11.8 Å². The smallest absolute Gasteiger partial charge is 0.0619 e. The van der Waals surface area contributed by atoms with Crippen molar-refractivity contribution in [3.05, 3.63) is 148 Å². The number of benzene rings is 6. The summed E-state index contributed by atoms with van der Waals surface area (Å²) >= 11 is 0. The Morgan fingerprint density at radius 1 is 0.510 bits per heavy atom. The number of allylic oxidation sites excluding steroid dienone is 2. The molecule has 6 aromatic rings. The van der Waals surface area contributed by atoms with Gasteiger partial charge in [-0.05, 0) is 130 Å². The predicted octanol–water partition coefficient (Wildman–Crippen LogP) is 14.0. The van der Waals surface area contributed by atoms with Gasteiger partial charge in [-0.15, -0.1) is 0 Å². The van der Waals surface area contributed by atoms with Crippen molar-refractivity contribution in [2.45, 2.75) is 75.7 Å². The van der Waals surface area contributed by atoms with E-state index in [-0.39, 0.29) is 0 Å². The number of anilines is 5. The monoisotopic (exact) mass is 644 g/mol. The first-order valence-electron chi connectivity index (χ1n) is 18.0. The van der Waals surface area contributed by atoms with Gasteiger partial charge in [0.2, 0.25) is 0 Å². The minimum absolute atomic E-state index is 0.436. The summed E-state index contributed by atoms with van der Waals surface area (Å²) in [4.78, 5) is 5.06. The van der Waals surface area contributed by atoms with Crippen LogP contribution in [-0.4, -0.2) is 0 Å². The highest BCUT2D eigenvalue weighted by Gasteiger charge is 2.26. The highest BCUT2D eigenvalue weighted by molar-refractivity contribution is 6.22. The predicted molar refractivity (Wildman–Crippen MR) is 216 cm³/mol. The molecule has 0 amide bonds. The van der Waals surface area contributed by atoms with Gasteiger partial charge < -0.3 is 9.80 Å². The minimum Gasteiger partial charge on any atom is -0.313 e. The Morgan fingerprint density at radius 3 is 1.29 bits per heavy atom. The molecule has 0 saturated heterocycles. The zero-order valence-electron chi connectivity index (χ0n) is 31.1. The molecule has 49 heavy (non-hydrogen) atoms.